The summed E-state index contributed by atoms with van der Waals surface area (Å²) >= 11 is 0. The molecule has 0 saturated carbocycles. The van der Waals surface area contributed by atoms with Gasteiger partial charge in [-0.15, -0.1) is 0 Å². The van der Waals surface area contributed by atoms with Gasteiger partial charge in [0.2, 0.25) is 10.0 Å². The van der Waals surface area contributed by atoms with Crippen LogP contribution in [0, 0.1) is 0 Å². The summed E-state index contributed by atoms with van der Waals surface area (Å²) in [5.41, 5.74) is 2.87. The van der Waals surface area contributed by atoms with Crippen LogP contribution >= 0.6 is 0 Å². The molecule has 0 aliphatic heterocycles. The second-order valence-electron chi connectivity index (χ2n) is 6.05. The third-order valence-electron chi connectivity index (χ3n) is 3.89. The predicted molar refractivity (Wildman–Crippen MR) is 107 cm³/mol. The number of carbonyl (C=O) groups is 1. The molecule has 3 aromatic rings. The first-order valence-electron chi connectivity index (χ1n) is 8.64. The molecule has 0 aliphatic rings. The van der Waals surface area contributed by atoms with Gasteiger partial charge in [-0.3, -0.25) is 4.79 Å². The number of phenols is 1. The van der Waals surface area contributed by atoms with Gasteiger partial charge in [-0.1, -0.05) is 30.3 Å². The van der Waals surface area contributed by atoms with Crippen LogP contribution in [0.4, 0.5) is 0 Å². The van der Waals surface area contributed by atoms with Crippen LogP contribution in [0.2, 0.25) is 0 Å². The molecule has 2 aromatic carbocycles. The number of furan rings is 1. The number of hydrogen-bond acceptors (Lipinski definition) is 6. The van der Waals surface area contributed by atoms with Crippen LogP contribution in [0.25, 0.3) is 0 Å². The lowest BCUT2D eigenvalue weighted by molar-refractivity contribution is -0.121. The van der Waals surface area contributed by atoms with Gasteiger partial charge in [0, 0.05) is 0 Å². The standard InChI is InChI=1S/C20H19N3O5S/c24-17-7-4-6-16(12-17)13-21-22-20(25)15-23(14-18-8-5-11-28-18)29(26,27)19-9-2-1-3-10-19/h1-13,24H,14-15H2,(H,22,25). The number of nitrogens with one attached hydrogen (secondary N) is 1. The average Bonchev–Trinajstić information content (AvgIpc) is 3.21. The summed E-state index contributed by atoms with van der Waals surface area (Å²) < 4.78 is 32.2. The minimum absolute atomic E-state index is 0.0684. The Hall–Kier alpha value is -3.43. The van der Waals surface area contributed by atoms with Crippen molar-refractivity contribution in [2.75, 3.05) is 6.54 Å². The van der Waals surface area contributed by atoms with Crippen LogP contribution in [-0.4, -0.2) is 36.5 Å². The molecule has 0 radical (unpaired) electrons. The quantitative estimate of drug-likeness (QED) is 0.435. The lowest BCUT2D eigenvalue weighted by Crippen LogP contribution is -2.38. The molecule has 2 N–H and O–H groups in total. The second-order valence-corrected chi connectivity index (χ2v) is 7.99. The van der Waals surface area contributed by atoms with Crippen molar-refractivity contribution in [1.29, 1.82) is 0 Å². The Morgan fingerprint density at radius 3 is 2.59 bits per heavy atom. The van der Waals surface area contributed by atoms with Crippen molar-refractivity contribution >= 4 is 22.1 Å². The Labute approximate surface area is 168 Å². The van der Waals surface area contributed by atoms with Crippen LogP contribution in [0.5, 0.6) is 5.75 Å². The van der Waals surface area contributed by atoms with Crippen molar-refractivity contribution in [3.63, 3.8) is 0 Å². The number of sulfonamides is 1. The molecule has 1 aromatic heterocycles. The van der Waals surface area contributed by atoms with Crippen molar-refractivity contribution in [1.82, 2.24) is 9.73 Å². The number of rotatable bonds is 8. The van der Waals surface area contributed by atoms with Crippen LogP contribution in [0.15, 0.2) is 87.4 Å². The molecule has 0 fully saturated rings. The van der Waals surface area contributed by atoms with Crippen LogP contribution in [-0.2, 0) is 21.4 Å². The molecule has 0 saturated heterocycles. The zero-order chi connectivity index (χ0) is 20.7. The third-order valence-corrected chi connectivity index (χ3v) is 5.69. The van der Waals surface area contributed by atoms with E-state index in [1.165, 1.54) is 36.7 Å². The van der Waals surface area contributed by atoms with Crippen LogP contribution < -0.4 is 5.43 Å². The first kappa shape index (κ1) is 20.3. The second kappa shape index (κ2) is 9.18. The van der Waals surface area contributed by atoms with Gasteiger partial charge in [-0.25, -0.2) is 13.8 Å². The van der Waals surface area contributed by atoms with E-state index < -0.39 is 22.5 Å². The number of phenolic OH excluding ortho intramolecular Hbond substituents is 1. The largest absolute Gasteiger partial charge is 0.508 e. The molecule has 0 spiro atoms. The summed E-state index contributed by atoms with van der Waals surface area (Å²) in [6.07, 6.45) is 2.78. The third kappa shape index (κ3) is 5.53. The average molecular weight is 413 g/mol. The smallest absolute Gasteiger partial charge is 0.255 e. The molecule has 8 nitrogen and oxygen atoms in total. The van der Waals surface area contributed by atoms with Gasteiger partial charge < -0.3 is 9.52 Å². The first-order valence-corrected chi connectivity index (χ1v) is 10.1. The summed E-state index contributed by atoms with van der Waals surface area (Å²) in [5.74, 6) is -0.146. The normalized spacial score (nSPS) is 11.8. The lowest BCUT2D eigenvalue weighted by Gasteiger charge is -2.20. The molecular weight excluding hydrogens is 394 g/mol. The van der Waals surface area contributed by atoms with E-state index in [0.29, 0.717) is 11.3 Å². The summed E-state index contributed by atoms with van der Waals surface area (Å²) in [7, 11) is -3.93. The zero-order valence-corrected chi connectivity index (χ0v) is 16.1. The van der Waals surface area contributed by atoms with Crippen LogP contribution in [0.3, 0.4) is 0 Å². The Morgan fingerprint density at radius 2 is 1.90 bits per heavy atom. The van der Waals surface area contributed by atoms with E-state index >= 15 is 0 Å². The maximum atomic E-state index is 13.0. The number of nitrogens with zero attached hydrogens (tertiary/aromatic N) is 2. The van der Waals surface area contributed by atoms with Crippen molar-refractivity contribution in [2.24, 2.45) is 5.10 Å². The van der Waals surface area contributed by atoms with Crippen molar-refractivity contribution in [3.8, 4) is 5.75 Å². The Balaban J connectivity index is 1.73. The topological polar surface area (TPSA) is 112 Å². The zero-order valence-electron chi connectivity index (χ0n) is 15.3. The van der Waals surface area contributed by atoms with E-state index in [0.717, 1.165) is 4.31 Å². The fraction of sp³-hybridized carbons (Fsp3) is 0.100. The molecule has 3 rings (SSSR count). The number of carbonyl (C=O) groups excluding carboxylic acids is 1. The van der Waals surface area contributed by atoms with Gasteiger partial charge in [-0.05, 0) is 42.0 Å². The number of hydrogen-bond donors (Lipinski definition) is 2. The van der Waals surface area contributed by atoms with Crippen LogP contribution in [0.1, 0.15) is 11.3 Å². The maximum absolute atomic E-state index is 13.0. The van der Waals surface area contributed by atoms with E-state index in [4.69, 9.17) is 4.42 Å². The maximum Gasteiger partial charge on any atom is 0.255 e. The molecule has 1 amide bonds. The summed E-state index contributed by atoms with van der Waals surface area (Å²) in [5, 5.41) is 13.2. The SMILES string of the molecule is O=C(CN(Cc1ccco1)S(=O)(=O)c1ccccc1)NN=Cc1cccc(O)c1. The molecule has 9 heteroatoms. The molecule has 0 atom stereocenters. The van der Waals surface area contributed by atoms with E-state index in [1.807, 2.05) is 0 Å². The number of aromatic hydroxyl groups is 1. The Morgan fingerprint density at radius 1 is 1.10 bits per heavy atom. The molecule has 0 bridgehead atoms. The molecule has 150 valence electrons. The monoisotopic (exact) mass is 413 g/mol. The lowest BCUT2D eigenvalue weighted by atomic mass is 10.2. The number of amides is 1. The highest BCUT2D eigenvalue weighted by atomic mass is 32.2. The van der Waals surface area contributed by atoms with E-state index in [9.17, 15) is 18.3 Å². The minimum Gasteiger partial charge on any atom is -0.508 e. The predicted octanol–water partition coefficient (Wildman–Crippen LogP) is 2.33. The minimum atomic E-state index is -3.93. The van der Waals surface area contributed by atoms with E-state index in [1.54, 1.807) is 42.5 Å². The molecule has 0 unspecified atom stereocenters. The summed E-state index contributed by atoms with van der Waals surface area (Å²) in [6, 6.07) is 17.4. The Bertz CT molecular complexity index is 1080. The first-order chi connectivity index (χ1) is 13.9. The molecule has 0 aliphatic carbocycles. The van der Waals surface area contributed by atoms with E-state index in [2.05, 4.69) is 10.5 Å². The van der Waals surface area contributed by atoms with Crippen molar-refractivity contribution < 1.29 is 22.7 Å². The highest BCUT2D eigenvalue weighted by Gasteiger charge is 2.27. The van der Waals surface area contributed by atoms with Gasteiger partial charge in [-0.2, -0.15) is 9.41 Å². The fourth-order valence-corrected chi connectivity index (χ4v) is 3.91. The Kier molecular flexibility index (Phi) is 6.43. The molecule has 1 heterocycles. The summed E-state index contributed by atoms with van der Waals surface area (Å²) in [4.78, 5) is 12.4. The van der Waals surface area contributed by atoms with Gasteiger partial charge in [0.25, 0.3) is 5.91 Å². The van der Waals surface area contributed by atoms with Gasteiger partial charge in [0.15, 0.2) is 0 Å². The van der Waals surface area contributed by atoms with E-state index in [-0.39, 0.29) is 17.2 Å². The summed E-state index contributed by atoms with van der Waals surface area (Å²) in [6.45, 7) is -0.552. The highest BCUT2D eigenvalue weighted by molar-refractivity contribution is 7.89. The van der Waals surface area contributed by atoms with Crippen molar-refractivity contribution in [2.45, 2.75) is 11.4 Å². The van der Waals surface area contributed by atoms with Crippen molar-refractivity contribution in [3.05, 3.63) is 84.3 Å². The number of benzene rings is 2. The van der Waals surface area contributed by atoms with Gasteiger partial charge in [0.05, 0.1) is 30.5 Å². The highest BCUT2D eigenvalue weighted by Crippen LogP contribution is 2.18. The van der Waals surface area contributed by atoms with Gasteiger partial charge >= 0.3 is 0 Å². The van der Waals surface area contributed by atoms with Gasteiger partial charge in [0.1, 0.15) is 11.5 Å². The number of hydrazone groups is 1. The molecular formula is C20H19N3O5S. The molecule has 29 heavy (non-hydrogen) atoms. The fourth-order valence-electron chi connectivity index (χ4n) is 2.52.